The van der Waals surface area contributed by atoms with E-state index in [0.29, 0.717) is 25.0 Å². The fourth-order valence-corrected chi connectivity index (χ4v) is 6.28. The van der Waals surface area contributed by atoms with Crippen molar-refractivity contribution < 1.29 is 29.3 Å². The highest BCUT2D eigenvalue weighted by molar-refractivity contribution is 5.87. The number of aliphatic hydroxyl groups is 2. The van der Waals surface area contributed by atoms with E-state index >= 15 is 0 Å². The average Bonchev–Trinajstić information content (AvgIpc) is 3.13. The Hall–Kier alpha value is -1.66. The van der Waals surface area contributed by atoms with Crippen molar-refractivity contribution in [1.29, 1.82) is 0 Å². The van der Waals surface area contributed by atoms with Crippen LogP contribution in [-0.2, 0) is 19.1 Å². The molecule has 2 N–H and O–H groups in total. The lowest BCUT2D eigenvalue weighted by Crippen LogP contribution is -2.70. The van der Waals surface area contributed by atoms with Crippen LogP contribution in [0.3, 0.4) is 0 Å². The molecular weight excluding hydrogens is 396 g/mol. The highest BCUT2D eigenvalue weighted by atomic mass is 16.5. The minimum Gasteiger partial charge on any atom is -0.458 e. The lowest BCUT2D eigenvalue weighted by atomic mass is 9.42. The van der Waals surface area contributed by atoms with Crippen molar-refractivity contribution in [3.8, 4) is 0 Å². The number of carbonyl (C=O) groups excluding carboxylic acids is 2. The number of rotatable bonds is 5. The Morgan fingerprint density at radius 3 is 2.58 bits per heavy atom. The molecule has 2 fully saturated rings. The molecule has 0 aromatic rings. The number of cyclic esters (lactones) is 1. The topological polar surface area (TPSA) is 93.1 Å². The third-order valence-corrected chi connectivity index (χ3v) is 9.06. The van der Waals surface area contributed by atoms with Gasteiger partial charge < -0.3 is 19.7 Å². The molecule has 0 radical (unpaired) electrons. The van der Waals surface area contributed by atoms with Crippen LogP contribution in [0, 0.1) is 22.7 Å². The second-order valence-electron chi connectivity index (χ2n) is 10.5. The van der Waals surface area contributed by atoms with Gasteiger partial charge in [-0.1, -0.05) is 26.8 Å². The fraction of sp³-hybridized carbons (Fsp3) is 0.760. The van der Waals surface area contributed by atoms with Gasteiger partial charge in [0.25, 0.3) is 0 Å². The van der Waals surface area contributed by atoms with Gasteiger partial charge in [0.1, 0.15) is 12.7 Å². The number of aliphatic hydroxyl groups excluding tert-OH is 1. The Labute approximate surface area is 185 Å². The molecule has 7 unspecified atom stereocenters. The normalized spacial score (nSPS) is 43.2. The van der Waals surface area contributed by atoms with E-state index < -0.39 is 23.2 Å². The van der Waals surface area contributed by atoms with Gasteiger partial charge in [-0.25, -0.2) is 9.59 Å². The second-order valence-corrected chi connectivity index (χ2v) is 10.5. The molecule has 0 spiro atoms. The fourth-order valence-electron chi connectivity index (χ4n) is 6.28. The standard InChI is InChI=1S/C25H38O6/c1-7-15(2)22(28)31-20-12-16(3)23(4,11-10-17-13-21(27)30-14-17)18-8-9-19(26)25(6,29)24(18,20)5/h7,13,16,18-20,26,29H,8-12,14H2,1-6H3. The van der Waals surface area contributed by atoms with E-state index in [-0.39, 0.29) is 29.2 Å². The molecule has 0 bridgehead atoms. The molecular formula is C25H38O6. The van der Waals surface area contributed by atoms with Gasteiger partial charge in [-0.3, -0.25) is 0 Å². The van der Waals surface area contributed by atoms with E-state index in [1.54, 1.807) is 32.9 Å². The zero-order chi connectivity index (χ0) is 23.2. The Morgan fingerprint density at radius 1 is 1.32 bits per heavy atom. The first kappa shape index (κ1) is 24.0. The SMILES string of the molecule is CC=C(C)C(=O)OC1CC(C)C(C)(CCC2=CC(=O)OC2)C2CCC(O)C(C)(O)C12C. The largest absolute Gasteiger partial charge is 0.458 e. The minimum absolute atomic E-state index is 0.0458. The molecule has 0 saturated heterocycles. The maximum absolute atomic E-state index is 12.7. The summed E-state index contributed by atoms with van der Waals surface area (Å²) in [5.74, 6) is -0.369. The van der Waals surface area contributed by atoms with Crippen LogP contribution >= 0.6 is 0 Å². The third kappa shape index (κ3) is 3.86. The van der Waals surface area contributed by atoms with Crippen LogP contribution in [0.5, 0.6) is 0 Å². The number of ether oxygens (including phenoxy) is 2. The van der Waals surface area contributed by atoms with Crippen molar-refractivity contribution in [2.45, 2.75) is 91.5 Å². The van der Waals surface area contributed by atoms with Crippen molar-refractivity contribution in [1.82, 2.24) is 0 Å². The van der Waals surface area contributed by atoms with Gasteiger partial charge in [-0.05, 0) is 75.7 Å². The van der Waals surface area contributed by atoms with Crippen LogP contribution in [0.25, 0.3) is 0 Å². The molecule has 0 aromatic heterocycles. The van der Waals surface area contributed by atoms with Gasteiger partial charge in [0, 0.05) is 17.1 Å². The van der Waals surface area contributed by atoms with Gasteiger partial charge in [0.15, 0.2) is 0 Å². The maximum atomic E-state index is 12.7. The summed E-state index contributed by atoms with van der Waals surface area (Å²) in [7, 11) is 0. The van der Waals surface area contributed by atoms with Crippen molar-refractivity contribution in [2.75, 3.05) is 6.61 Å². The molecule has 6 nitrogen and oxygen atoms in total. The van der Waals surface area contributed by atoms with E-state index in [1.165, 1.54) is 0 Å². The lowest BCUT2D eigenvalue weighted by molar-refractivity contribution is -0.275. The first-order chi connectivity index (χ1) is 14.4. The Morgan fingerprint density at radius 2 is 2.00 bits per heavy atom. The van der Waals surface area contributed by atoms with E-state index in [1.807, 2.05) is 6.92 Å². The first-order valence-corrected chi connectivity index (χ1v) is 11.5. The van der Waals surface area contributed by atoms with Crippen molar-refractivity contribution in [2.24, 2.45) is 22.7 Å². The molecule has 31 heavy (non-hydrogen) atoms. The molecule has 3 rings (SSSR count). The molecule has 3 aliphatic rings. The van der Waals surface area contributed by atoms with Gasteiger partial charge in [-0.15, -0.1) is 0 Å². The number of allylic oxidation sites excluding steroid dienone is 1. The van der Waals surface area contributed by atoms with Crippen LogP contribution in [0.2, 0.25) is 0 Å². The predicted octanol–water partition coefficient (Wildman–Crippen LogP) is 3.70. The highest BCUT2D eigenvalue weighted by Crippen LogP contribution is 2.65. The molecule has 0 amide bonds. The number of hydrogen-bond donors (Lipinski definition) is 2. The average molecular weight is 435 g/mol. The molecule has 6 heteroatoms. The van der Waals surface area contributed by atoms with E-state index in [9.17, 15) is 19.8 Å². The first-order valence-electron chi connectivity index (χ1n) is 11.5. The van der Waals surface area contributed by atoms with Crippen molar-refractivity contribution >= 4 is 11.9 Å². The summed E-state index contributed by atoms with van der Waals surface area (Å²) in [5.41, 5.74) is -0.803. The van der Waals surface area contributed by atoms with E-state index in [4.69, 9.17) is 9.47 Å². The van der Waals surface area contributed by atoms with Crippen molar-refractivity contribution in [3.63, 3.8) is 0 Å². The summed E-state index contributed by atoms with van der Waals surface area (Å²) in [4.78, 5) is 24.1. The van der Waals surface area contributed by atoms with Gasteiger partial charge in [-0.2, -0.15) is 0 Å². The van der Waals surface area contributed by atoms with Crippen LogP contribution < -0.4 is 0 Å². The monoisotopic (exact) mass is 434 g/mol. The Bertz CT molecular complexity index is 796. The predicted molar refractivity (Wildman–Crippen MR) is 117 cm³/mol. The van der Waals surface area contributed by atoms with Gasteiger partial charge in [0.05, 0.1) is 11.7 Å². The van der Waals surface area contributed by atoms with Crippen LogP contribution in [0.4, 0.5) is 0 Å². The van der Waals surface area contributed by atoms with Gasteiger partial charge in [0.2, 0.25) is 0 Å². The quantitative estimate of drug-likeness (QED) is 0.506. The molecule has 2 aliphatic carbocycles. The summed E-state index contributed by atoms with van der Waals surface area (Å²) in [6.07, 6.45) is 5.41. The Balaban J connectivity index is 1.96. The summed E-state index contributed by atoms with van der Waals surface area (Å²) >= 11 is 0. The molecule has 0 aromatic carbocycles. The maximum Gasteiger partial charge on any atom is 0.333 e. The second kappa shape index (κ2) is 8.36. The number of esters is 2. The molecule has 7 atom stereocenters. The Kier molecular flexibility index (Phi) is 6.47. The van der Waals surface area contributed by atoms with Crippen LogP contribution in [0.15, 0.2) is 23.3 Å². The summed E-state index contributed by atoms with van der Waals surface area (Å²) in [6.45, 7) is 12.0. The molecule has 2 saturated carbocycles. The van der Waals surface area contributed by atoms with Gasteiger partial charge >= 0.3 is 11.9 Å². The lowest BCUT2D eigenvalue weighted by Gasteiger charge is -2.65. The zero-order valence-corrected chi connectivity index (χ0v) is 19.7. The van der Waals surface area contributed by atoms with Crippen LogP contribution in [-0.4, -0.2) is 46.6 Å². The van der Waals surface area contributed by atoms with E-state index in [0.717, 1.165) is 24.8 Å². The molecule has 174 valence electrons. The molecule has 1 aliphatic heterocycles. The summed E-state index contributed by atoms with van der Waals surface area (Å²) in [6, 6.07) is 0. The third-order valence-electron chi connectivity index (χ3n) is 9.06. The minimum atomic E-state index is -1.39. The number of fused-ring (bicyclic) bond motifs is 1. The summed E-state index contributed by atoms with van der Waals surface area (Å²) in [5, 5.41) is 22.3. The highest BCUT2D eigenvalue weighted by Gasteiger charge is 2.67. The smallest absolute Gasteiger partial charge is 0.333 e. The number of hydrogen-bond acceptors (Lipinski definition) is 6. The zero-order valence-electron chi connectivity index (χ0n) is 19.7. The van der Waals surface area contributed by atoms with Crippen LogP contribution in [0.1, 0.15) is 73.6 Å². The van der Waals surface area contributed by atoms with Crippen molar-refractivity contribution in [3.05, 3.63) is 23.3 Å². The molecule has 1 heterocycles. The van der Waals surface area contributed by atoms with E-state index in [2.05, 4.69) is 13.8 Å². The number of carbonyl (C=O) groups is 2. The summed E-state index contributed by atoms with van der Waals surface area (Å²) < 4.78 is 11.1.